The third-order valence-corrected chi connectivity index (χ3v) is 4.34. The zero-order chi connectivity index (χ0) is 13.8. The Morgan fingerprint density at radius 3 is 2.65 bits per heavy atom. The predicted octanol–water partition coefficient (Wildman–Crippen LogP) is 3.67. The number of benzene rings is 2. The standard InChI is InChI=1S/C18H23NO/c1-15(9-10-19-11-13-20-14-12-19)17-8-4-6-16-5-2-3-7-18(16)17/h2-8,15H,9-14H2,1H3/t15-/m1/s1. The van der Waals surface area contributed by atoms with Crippen LogP contribution in [0.2, 0.25) is 0 Å². The van der Waals surface area contributed by atoms with E-state index in [0.717, 1.165) is 26.3 Å². The first-order chi connectivity index (χ1) is 9.84. The Bertz CT molecular complexity index is 555. The highest BCUT2D eigenvalue weighted by atomic mass is 16.5. The lowest BCUT2D eigenvalue weighted by molar-refractivity contribution is 0.0367. The quantitative estimate of drug-likeness (QED) is 0.840. The van der Waals surface area contributed by atoms with Crippen LogP contribution in [-0.4, -0.2) is 37.7 Å². The van der Waals surface area contributed by atoms with E-state index in [9.17, 15) is 0 Å². The molecule has 1 aliphatic rings. The van der Waals surface area contributed by atoms with Gasteiger partial charge in [0.1, 0.15) is 0 Å². The van der Waals surface area contributed by atoms with Gasteiger partial charge in [0.05, 0.1) is 13.2 Å². The Hall–Kier alpha value is -1.38. The van der Waals surface area contributed by atoms with Gasteiger partial charge in [-0.1, -0.05) is 49.4 Å². The lowest BCUT2D eigenvalue weighted by atomic mass is 9.92. The average molecular weight is 269 g/mol. The van der Waals surface area contributed by atoms with Crippen molar-refractivity contribution in [1.29, 1.82) is 0 Å². The molecular weight excluding hydrogens is 246 g/mol. The number of nitrogens with zero attached hydrogens (tertiary/aromatic N) is 1. The van der Waals surface area contributed by atoms with Crippen molar-refractivity contribution in [3.05, 3.63) is 48.0 Å². The van der Waals surface area contributed by atoms with Gasteiger partial charge in [-0.3, -0.25) is 4.90 Å². The molecule has 2 heteroatoms. The molecule has 2 aromatic carbocycles. The molecule has 0 saturated carbocycles. The molecular formula is C18H23NO. The van der Waals surface area contributed by atoms with Crippen LogP contribution in [0.4, 0.5) is 0 Å². The van der Waals surface area contributed by atoms with Crippen molar-refractivity contribution in [3.8, 4) is 0 Å². The molecule has 0 spiro atoms. The molecule has 1 atom stereocenters. The second-order valence-electron chi connectivity index (χ2n) is 5.71. The van der Waals surface area contributed by atoms with Gasteiger partial charge in [-0.25, -0.2) is 0 Å². The number of fused-ring (bicyclic) bond motifs is 1. The zero-order valence-corrected chi connectivity index (χ0v) is 12.2. The van der Waals surface area contributed by atoms with E-state index >= 15 is 0 Å². The van der Waals surface area contributed by atoms with Crippen molar-refractivity contribution < 1.29 is 4.74 Å². The smallest absolute Gasteiger partial charge is 0.0594 e. The fourth-order valence-electron chi connectivity index (χ4n) is 3.04. The van der Waals surface area contributed by atoms with Gasteiger partial charge in [-0.15, -0.1) is 0 Å². The van der Waals surface area contributed by atoms with Crippen molar-refractivity contribution >= 4 is 10.8 Å². The SMILES string of the molecule is C[C@H](CCN1CCOCC1)c1cccc2ccccc12. The first kappa shape index (κ1) is 13.6. The monoisotopic (exact) mass is 269 g/mol. The topological polar surface area (TPSA) is 12.5 Å². The van der Waals surface area contributed by atoms with Crippen molar-refractivity contribution in [2.24, 2.45) is 0 Å². The summed E-state index contributed by atoms with van der Waals surface area (Å²) in [5, 5.41) is 2.76. The number of morpholine rings is 1. The summed E-state index contributed by atoms with van der Waals surface area (Å²) in [6, 6.07) is 15.4. The van der Waals surface area contributed by atoms with E-state index in [1.165, 1.54) is 29.3 Å². The molecule has 1 heterocycles. The minimum atomic E-state index is 0.601. The molecule has 0 unspecified atom stereocenters. The highest BCUT2D eigenvalue weighted by Crippen LogP contribution is 2.27. The van der Waals surface area contributed by atoms with Gasteiger partial charge in [0.25, 0.3) is 0 Å². The second-order valence-corrected chi connectivity index (χ2v) is 5.71. The first-order valence-corrected chi connectivity index (χ1v) is 7.62. The maximum absolute atomic E-state index is 5.41. The molecule has 1 aliphatic heterocycles. The number of hydrogen-bond donors (Lipinski definition) is 0. The first-order valence-electron chi connectivity index (χ1n) is 7.62. The van der Waals surface area contributed by atoms with Gasteiger partial charge in [0.2, 0.25) is 0 Å². The van der Waals surface area contributed by atoms with Crippen LogP contribution < -0.4 is 0 Å². The molecule has 0 aromatic heterocycles. The molecule has 0 aliphatic carbocycles. The minimum Gasteiger partial charge on any atom is -0.379 e. The lowest BCUT2D eigenvalue weighted by Crippen LogP contribution is -2.37. The van der Waals surface area contributed by atoms with Crippen molar-refractivity contribution in [2.75, 3.05) is 32.8 Å². The summed E-state index contributed by atoms with van der Waals surface area (Å²) < 4.78 is 5.41. The molecule has 0 bridgehead atoms. The molecule has 0 N–H and O–H groups in total. The average Bonchev–Trinajstić information content (AvgIpc) is 2.53. The van der Waals surface area contributed by atoms with Gasteiger partial charge in [0, 0.05) is 13.1 Å². The van der Waals surface area contributed by atoms with E-state index < -0.39 is 0 Å². The van der Waals surface area contributed by atoms with E-state index in [0.29, 0.717) is 5.92 Å². The highest BCUT2D eigenvalue weighted by Gasteiger charge is 2.14. The third-order valence-electron chi connectivity index (χ3n) is 4.34. The fourth-order valence-corrected chi connectivity index (χ4v) is 3.04. The molecule has 2 aromatic rings. The summed E-state index contributed by atoms with van der Waals surface area (Å²) in [6.07, 6.45) is 1.22. The van der Waals surface area contributed by atoms with E-state index in [-0.39, 0.29) is 0 Å². The third kappa shape index (κ3) is 3.02. The normalized spacial score (nSPS) is 18.2. The Balaban J connectivity index is 1.70. The van der Waals surface area contributed by atoms with E-state index in [4.69, 9.17) is 4.74 Å². The summed E-state index contributed by atoms with van der Waals surface area (Å²) >= 11 is 0. The van der Waals surface area contributed by atoms with Gasteiger partial charge in [-0.2, -0.15) is 0 Å². The summed E-state index contributed by atoms with van der Waals surface area (Å²) in [4.78, 5) is 2.52. The van der Waals surface area contributed by atoms with E-state index in [1.807, 2.05) is 0 Å². The number of ether oxygens (including phenoxy) is 1. The van der Waals surface area contributed by atoms with Crippen LogP contribution in [0, 0.1) is 0 Å². The van der Waals surface area contributed by atoms with Crippen LogP contribution in [0.15, 0.2) is 42.5 Å². The maximum atomic E-state index is 5.41. The lowest BCUT2D eigenvalue weighted by Gasteiger charge is -2.27. The van der Waals surface area contributed by atoms with Crippen LogP contribution in [0.3, 0.4) is 0 Å². The van der Waals surface area contributed by atoms with E-state index in [1.54, 1.807) is 0 Å². The largest absolute Gasteiger partial charge is 0.379 e. The van der Waals surface area contributed by atoms with Gasteiger partial charge >= 0.3 is 0 Å². The van der Waals surface area contributed by atoms with Crippen molar-refractivity contribution in [3.63, 3.8) is 0 Å². The number of rotatable bonds is 4. The molecule has 106 valence electrons. The van der Waals surface area contributed by atoms with Gasteiger partial charge < -0.3 is 4.74 Å². The fraction of sp³-hybridized carbons (Fsp3) is 0.444. The predicted molar refractivity (Wildman–Crippen MR) is 84.2 cm³/mol. The van der Waals surface area contributed by atoms with Crippen LogP contribution in [-0.2, 0) is 4.74 Å². The Kier molecular flexibility index (Phi) is 4.34. The summed E-state index contributed by atoms with van der Waals surface area (Å²) in [5.74, 6) is 0.601. The molecule has 1 saturated heterocycles. The van der Waals surface area contributed by atoms with Crippen molar-refractivity contribution in [1.82, 2.24) is 4.90 Å². The Morgan fingerprint density at radius 2 is 1.80 bits per heavy atom. The van der Waals surface area contributed by atoms with E-state index in [2.05, 4.69) is 54.3 Å². The second kappa shape index (κ2) is 6.38. The van der Waals surface area contributed by atoms with Crippen LogP contribution in [0.5, 0.6) is 0 Å². The molecule has 0 amide bonds. The Morgan fingerprint density at radius 1 is 1.05 bits per heavy atom. The molecule has 0 radical (unpaired) electrons. The highest BCUT2D eigenvalue weighted by molar-refractivity contribution is 5.86. The minimum absolute atomic E-state index is 0.601. The van der Waals surface area contributed by atoms with Crippen LogP contribution >= 0.6 is 0 Å². The van der Waals surface area contributed by atoms with Crippen molar-refractivity contribution in [2.45, 2.75) is 19.3 Å². The zero-order valence-electron chi connectivity index (χ0n) is 12.2. The van der Waals surface area contributed by atoms with Crippen LogP contribution in [0.25, 0.3) is 10.8 Å². The summed E-state index contributed by atoms with van der Waals surface area (Å²) in [7, 11) is 0. The summed E-state index contributed by atoms with van der Waals surface area (Å²) in [6.45, 7) is 7.48. The van der Waals surface area contributed by atoms with Gasteiger partial charge in [0.15, 0.2) is 0 Å². The molecule has 3 rings (SSSR count). The molecule has 20 heavy (non-hydrogen) atoms. The Labute approximate surface area is 121 Å². The maximum Gasteiger partial charge on any atom is 0.0594 e. The van der Waals surface area contributed by atoms with Gasteiger partial charge in [-0.05, 0) is 35.2 Å². The number of hydrogen-bond acceptors (Lipinski definition) is 2. The molecule has 1 fully saturated rings. The summed E-state index contributed by atoms with van der Waals surface area (Å²) in [5.41, 5.74) is 1.48. The van der Waals surface area contributed by atoms with Crippen LogP contribution in [0.1, 0.15) is 24.8 Å². The molecule has 2 nitrogen and oxygen atoms in total.